The van der Waals surface area contributed by atoms with Gasteiger partial charge in [-0.1, -0.05) is 12.8 Å². The summed E-state index contributed by atoms with van der Waals surface area (Å²) >= 11 is 0. The molecule has 0 N–H and O–H groups in total. The maximum absolute atomic E-state index is 12.1. The number of rotatable bonds is 1. The van der Waals surface area contributed by atoms with E-state index in [1.807, 2.05) is 18.1 Å². The van der Waals surface area contributed by atoms with Crippen LogP contribution in [0.2, 0.25) is 0 Å². The number of aryl methyl sites for hydroxylation is 1. The molecule has 1 amide bonds. The summed E-state index contributed by atoms with van der Waals surface area (Å²) in [4.78, 5) is 18.1. The molecule has 4 nitrogen and oxygen atoms in total. The molecule has 1 fully saturated rings. The molecule has 82 valence electrons. The molecule has 1 saturated heterocycles. The number of likely N-dealkylation sites (tertiary alicyclic amines) is 1. The lowest BCUT2D eigenvalue weighted by Crippen LogP contribution is -2.33. The van der Waals surface area contributed by atoms with Crippen LogP contribution in [0.5, 0.6) is 0 Å². The van der Waals surface area contributed by atoms with Gasteiger partial charge in [0.15, 0.2) is 5.82 Å². The van der Waals surface area contributed by atoms with E-state index in [4.69, 9.17) is 0 Å². The first-order chi connectivity index (χ1) is 7.29. The lowest BCUT2D eigenvalue weighted by Gasteiger charge is -2.19. The van der Waals surface area contributed by atoms with Crippen LogP contribution in [0.1, 0.15) is 36.3 Å². The fourth-order valence-electron chi connectivity index (χ4n) is 1.99. The fraction of sp³-hybridized carbons (Fsp3) is 0.636. The van der Waals surface area contributed by atoms with E-state index in [9.17, 15) is 4.79 Å². The van der Waals surface area contributed by atoms with Crippen molar-refractivity contribution in [3.05, 3.63) is 18.2 Å². The second kappa shape index (κ2) is 4.47. The number of hydrogen-bond acceptors (Lipinski definition) is 2. The standard InChI is InChI=1S/C11H17N3O/c1-13-9-6-12-10(13)11(15)14-7-4-2-3-5-8-14/h6,9H,2-5,7-8H2,1H3. The van der Waals surface area contributed by atoms with Gasteiger partial charge in [0.1, 0.15) is 0 Å². The Balaban J connectivity index is 2.09. The van der Waals surface area contributed by atoms with E-state index < -0.39 is 0 Å². The van der Waals surface area contributed by atoms with Gasteiger partial charge in [0, 0.05) is 32.5 Å². The van der Waals surface area contributed by atoms with E-state index in [1.54, 1.807) is 10.8 Å². The van der Waals surface area contributed by atoms with E-state index in [0.717, 1.165) is 25.9 Å². The summed E-state index contributed by atoms with van der Waals surface area (Å²) in [5.41, 5.74) is 0. The molecule has 0 spiro atoms. The summed E-state index contributed by atoms with van der Waals surface area (Å²) in [6.45, 7) is 1.76. The predicted molar refractivity (Wildman–Crippen MR) is 57.6 cm³/mol. The minimum atomic E-state index is 0.0735. The minimum Gasteiger partial charge on any atom is -0.336 e. The summed E-state index contributed by atoms with van der Waals surface area (Å²) in [6, 6.07) is 0. The summed E-state index contributed by atoms with van der Waals surface area (Å²) in [5.74, 6) is 0.626. The summed E-state index contributed by atoms with van der Waals surface area (Å²) < 4.78 is 1.78. The van der Waals surface area contributed by atoms with Crippen LogP contribution in [0.25, 0.3) is 0 Å². The van der Waals surface area contributed by atoms with Gasteiger partial charge in [-0.25, -0.2) is 4.98 Å². The van der Waals surface area contributed by atoms with E-state index in [-0.39, 0.29) is 5.91 Å². The maximum atomic E-state index is 12.1. The average Bonchev–Trinajstić information content (AvgIpc) is 2.53. The van der Waals surface area contributed by atoms with Gasteiger partial charge < -0.3 is 9.47 Å². The summed E-state index contributed by atoms with van der Waals surface area (Å²) in [6.07, 6.45) is 8.21. The van der Waals surface area contributed by atoms with Gasteiger partial charge in [0.2, 0.25) is 0 Å². The third kappa shape index (κ3) is 2.19. The van der Waals surface area contributed by atoms with Crippen LogP contribution < -0.4 is 0 Å². The summed E-state index contributed by atoms with van der Waals surface area (Å²) in [5, 5.41) is 0. The van der Waals surface area contributed by atoms with Crippen LogP contribution in [-0.4, -0.2) is 33.4 Å². The Morgan fingerprint density at radius 2 is 1.93 bits per heavy atom. The van der Waals surface area contributed by atoms with Crippen LogP contribution in [0.3, 0.4) is 0 Å². The van der Waals surface area contributed by atoms with E-state index in [2.05, 4.69) is 4.98 Å². The third-order valence-electron chi connectivity index (χ3n) is 2.91. The van der Waals surface area contributed by atoms with Gasteiger partial charge >= 0.3 is 0 Å². The SMILES string of the molecule is Cn1ccnc1C(=O)N1CCCCCC1. The van der Waals surface area contributed by atoms with E-state index >= 15 is 0 Å². The lowest BCUT2D eigenvalue weighted by molar-refractivity contribution is 0.0746. The minimum absolute atomic E-state index is 0.0735. The Morgan fingerprint density at radius 1 is 1.27 bits per heavy atom. The molecule has 1 aromatic rings. The topological polar surface area (TPSA) is 38.1 Å². The zero-order valence-corrected chi connectivity index (χ0v) is 9.15. The number of carbonyl (C=O) groups excluding carboxylic acids is 1. The molecule has 0 aromatic carbocycles. The number of carbonyl (C=O) groups is 1. The largest absolute Gasteiger partial charge is 0.336 e. The van der Waals surface area contributed by atoms with Crippen molar-refractivity contribution in [2.45, 2.75) is 25.7 Å². The second-order valence-electron chi connectivity index (χ2n) is 4.07. The highest BCUT2D eigenvalue weighted by molar-refractivity contribution is 5.90. The van der Waals surface area contributed by atoms with Gasteiger partial charge in [0.05, 0.1) is 0 Å². The van der Waals surface area contributed by atoms with Gasteiger partial charge in [0.25, 0.3) is 5.91 Å². The Hall–Kier alpha value is -1.32. The van der Waals surface area contributed by atoms with Crippen molar-refractivity contribution in [3.63, 3.8) is 0 Å². The molecule has 1 aliphatic rings. The van der Waals surface area contributed by atoms with E-state index in [0.29, 0.717) is 5.82 Å². The second-order valence-corrected chi connectivity index (χ2v) is 4.07. The molecule has 0 aliphatic carbocycles. The Morgan fingerprint density at radius 3 is 2.47 bits per heavy atom. The highest BCUT2D eigenvalue weighted by Gasteiger charge is 2.20. The van der Waals surface area contributed by atoms with Crippen molar-refractivity contribution in [3.8, 4) is 0 Å². The molecule has 0 atom stereocenters. The predicted octanol–water partition coefficient (Wildman–Crippen LogP) is 1.44. The van der Waals surface area contributed by atoms with Crippen molar-refractivity contribution < 1.29 is 4.79 Å². The van der Waals surface area contributed by atoms with Crippen LogP contribution >= 0.6 is 0 Å². The molecule has 1 aliphatic heterocycles. The quantitative estimate of drug-likeness (QED) is 0.698. The van der Waals surface area contributed by atoms with E-state index in [1.165, 1.54) is 12.8 Å². The number of amides is 1. The van der Waals surface area contributed by atoms with Crippen molar-refractivity contribution in [1.82, 2.24) is 14.5 Å². The van der Waals surface area contributed by atoms with Crippen molar-refractivity contribution in [2.24, 2.45) is 7.05 Å². The molecule has 0 saturated carbocycles. The number of imidazole rings is 1. The number of hydrogen-bond donors (Lipinski definition) is 0. The molecule has 0 bridgehead atoms. The zero-order chi connectivity index (χ0) is 10.7. The zero-order valence-electron chi connectivity index (χ0n) is 9.15. The highest BCUT2D eigenvalue weighted by Crippen LogP contribution is 2.12. The first-order valence-electron chi connectivity index (χ1n) is 5.55. The Kier molecular flexibility index (Phi) is 3.04. The number of aromatic nitrogens is 2. The molecule has 0 unspecified atom stereocenters. The van der Waals surface area contributed by atoms with Crippen molar-refractivity contribution >= 4 is 5.91 Å². The van der Waals surface area contributed by atoms with Crippen LogP contribution in [0.15, 0.2) is 12.4 Å². The Labute approximate surface area is 89.9 Å². The molecule has 0 radical (unpaired) electrons. The van der Waals surface area contributed by atoms with Crippen LogP contribution in [0.4, 0.5) is 0 Å². The van der Waals surface area contributed by atoms with Gasteiger partial charge in [-0.3, -0.25) is 4.79 Å². The van der Waals surface area contributed by atoms with Gasteiger partial charge in [-0.2, -0.15) is 0 Å². The van der Waals surface area contributed by atoms with Crippen LogP contribution in [0, 0.1) is 0 Å². The molecule has 2 heterocycles. The van der Waals surface area contributed by atoms with Crippen molar-refractivity contribution in [2.75, 3.05) is 13.1 Å². The highest BCUT2D eigenvalue weighted by atomic mass is 16.2. The average molecular weight is 207 g/mol. The molecule has 4 heteroatoms. The third-order valence-corrected chi connectivity index (χ3v) is 2.91. The molecule has 2 rings (SSSR count). The molecule has 1 aromatic heterocycles. The Bertz CT molecular complexity index is 337. The smallest absolute Gasteiger partial charge is 0.289 e. The van der Waals surface area contributed by atoms with Crippen molar-refractivity contribution in [1.29, 1.82) is 0 Å². The monoisotopic (exact) mass is 207 g/mol. The normalized spacial score (nSPS) is 17.5. The fourth-order valence-corrected chi connectivity index (χ4v) is 1.99. The van der Waals surface area contributed by atoms with Gasteiger partial charge in [-0.15, -0.1) is 0 Å². The molecular weight excluding hydrogens is 190 g/mol. The molecular formula is C11H17N3O. The maximum Gasteiger partial charge on any atom is 0.289 e. The first kappa shape index (κ1) is 10.2. The summed E-state index contributed by atoms with van der Waals surface area (Å²) in [7, 11) is 1.86. The van der Waals surface area contributed by atoms with Crippen LogP contribution in [-0.2, 0) is 7.05 Å². The first-order valence-corrected chi connectivity index (χ1v) is 5.55. The lowest BCUT2D eigenvalue weighted by atomic mass is 10.2. The van der Waals surface area contributed by atoms with Gasteiger partial charge in [-0.05, 0) is 12.8 Å². The molecule has 15 heavy (non-hydrogen) atoms. The number of nitrogens with zero attached hydrogens (tertiary/aromatic N) is 3.